The van der Waals surface area contributed by atoms with Crippen molar-refractivity contribution < 1.29 is 17.9 Å². The molecular formula is C19H22N2O4S. The summed E-state index contributed by atoms with van der Waals surface area (Å²) in [5.41, 5.74) is 0.539. The minimum Gasteiger partial charge on any atom is -0.457 e. The first-order valence-electron chi connectivity index (χ1n) is 8.45. The van der Waals surface area contributed by atoms with Gasteiger partial charge in [0.25, 0.3) is 0 Å². The maximum Gasteiger partial charge on any atom is 0.245 e. The molecule has 1 aliphatic heterocycles. The number of hydrogen-bond donors (Lipinski definition) is 2. The maximum atomic E-state index is 12.8. The summed E-state index contributed by atoms with van der Waals surface area (Å²) in [5, 5.41) is 5.85. The number of piperidine rings is 1. The molecule has 2 aromatic rings. The highest BCUT2D eigenvalue weighted by Crippen LogP contribution is 2.30. The van der Waals surface area contributed by atoms with Crippen molar-refractivity contribution >= 4 is 21.4 Å². The van der Waals surface area contributed by atoms with Gasteiger partial charge in [-0.25, -0.2) is 8.42 Å². The van der Waals surface area contributed by atoms with Gasteiger partial charge in [-0.3, -0.25) is 4.79 Å². The van der Waals surface area contributed by atoms with Gasteiger partial charge in [-0.05, 0) is 62.3 Å². The summed E-state index contributed by atoms with van der Waals surface area (Å²) in [4.78, 5) is 12.8. The van der Waals surface area contributed by atoms with Crippen LogP contribution in [0.4, 0.5) is 5.69 Å². The lowest BCUT2D eigenvalue weighted by molar-refractivity contribution is -0.119. The Kier molecular flexibility index (Phi) is 5.29. The lowest BCUT2D eigenvalue weighted by Gasteiger charge is -2.34. The zero-order valence-corrected chi connectivity index (χ0v) is 15.4. The molecular weight excluding hydrogens is 352 g/mol. The molecule has 1 amide bonds. The Bertz CT molecular complexity index is 858. The molecule has 1 heterocycles. The van der Waals surface area contributed by atoms with Crippen LogP contribution in [0, 0.1) is 0 Å². The molecule has 0 atom stereocenters. The Balaban J connectivity index is 1.72. The first-order valence-corrected chi connectivity index (χ1v) is 10.3. The van der Waals surface area contributed by atoms with Gasteiger partial charge in [-0.2, -0.15) is 0 Å². The average molecular weight is 374 g/mol. The zero-order chi connectivity index (χ0) is 18.6. The average Bonchev–Trinajstić information content (AvgIpc) is 2.64. The predicted octanol–water partition coefficient (Wildman–Crippen LogP) is 2.58. The SMILES string of the molecule is CS(=O)(=O)C1(C(=O)Nc2ccc(Oc3ccccc3)cc2)CCNCC1. The van der Waals surface area contributed by atoms with Crippen LogP contribution in [0.1, 0.15) is 12.8 Å². The lowest BCUT2D eigenvalue weighted by atomic mass is 9.95. The monoisotopic (exact) mass is 374 g/mol. The van der Waals surface area contributed by atoms with Crippen LogP contribution in [0.5, 0.6) is 11.5 Å². The topological polar surface area (TPSA) is 84.5 Å². The summed E-state index contributed by atoms with van der Waals surface area (Å²) in [6.07, 6.45) is 1.68. The van der Waals surface area contributed by atoms with Crippen molar-refractivity contribution in [3.05, 3.63) is 54.6 Å². The van der Waals surface area contributed by atoms with E-state index in [-0.39, 0.29) is 12.8 Å². The number of para-hydroxylation sites is 1. The van der Waals surface area contributed by atoms with E-state index in [1.807, 2.05) is 30.3 Å². The highest BCUT2D eigenvalue weighted by atomic mass is 32.2. The molecule has 0 spiro atoms. The van der Waals surface area contributed by atoms with E-state index in [1.54, 1.807) is 24.3 Å². The third-order valence-corrected chi connectivity index (χ3v) is 6.64. The van der Waals surface area contributed by atoms with Gasteiger partial charge >= 0.3 is 0 Å². The highest BCUT2D eigenvalue weighted by Gasteiger charge is 2.48. The van der Waals surface area contributed by atoms with E-state index in [1.165, 1.54) is 0 Å². The number of benzene rings is 2. The van der Waals surface area contributed by atoms with Gasteiger partial charge in [0.15, 0.2) is 14.6 Å². The maximum absolute atomic E-state index is 12.8. The van der Waals surface area contributed by atoms with Gasteiger partial charge in [-0.1, -0.05) is 18.2 Å². The second-order valence-electron chi connectivity index (χ2n) is 6.41. The number of carbonyl (C=O) groups excluding carboxylic acids is 1. The molecule has 2 aromatic carbocycles. The summed E-state index contributed by atoms with van der Waals surface area (Å²) < 4.78 is 28.9. The molecule has 7 heteroatoms. The highest BCUT2D eigenvalue weighted by molar-refractivity contribution is 7.92. The van der Waals surface area contributed by atoms with Gasteiger partial charge in [0.1, 0.15) is 11.5 Å². The normalized spacial score (nSPS) is 16.7. The molecule has 1 aliphatic rings. The lowest BCUT2D eigenvalue weighted by Crippen LogP contribution is -2.55. The van der Waals surface area contributed by atoms with Crippen molar-refractivity contribution in [3.8, 4) is 11.5 Å². The third kappa shape index (κ3) is 3.89. The van der Waals surface area contributed by atoms with Crippen LogP contribution in [0.2, 0.25) is 0 Å². The smallest absolute Gasteiger partial charge is 0.245 e. The minimum absolute atomic E-state index is 0.271. The minimum atomic E-state index is -3.53. The molecule has 1 saturated heterocycles. The summed E-state index contributed by atoms with van der Waals surface area (Å²) in [5.74, 6) is 0.877. The van der Waals surface area contributed by atoms with E-state index in [0.29, 0.717) is 24.5 Å². The third-order valence-electron chi connectivity index (χ3n) is 4.63. The molecule has 0 unspecified atom stereocenters. The first kappa shape index (κ1) is 18.4. The largest absolute Gasteiger partial charge is 0.457 e. The van der Waals surface area contributed by atoms with Gasteiger partial charge in [0.2, 0.25) is 5.91 Å². The van der Waals surface area contributed by atoms with Gasteiger partial charge < -0.3 is 15.4 Å². The van der Waals surface area contributed by atoms with Crippen LogP contribution in [0.15, 0.2) is 54.6 Å². The van der Waals surface area contributed by atoms with E-state index >= 15 is 0 Å². The first-order chi connectivity index (χ1) is 12.4. The Labute approximate surface area is 153 Å². The predicted molar refractivity (Wildman–Crippen MR) is 101 cm³/mol. The fourth-order valence-corrected chi connectivity index (χ4v) is 4.41. The van der Waals surface area contributed by atoms with Crippen molar-refractivity contribution in [1.82, 2.24) is 5.32 Å². The number of hydrogen-bond acceptors (Lipinski definition) is 5. The van der Waals surface area contributed by atoms with E-state index in [4.69, 9.17) is 4.74 Å². The molecule has 0 radical (unpaired) electrons. The number of rotatable bonds is 5. The summed E-state index contributed by atoms with van der Waals surface area (Å²) in [6.45, 7) is 1.01. The molecule has 0 saturated carbocycles. The van der Waals surface area contributed by atoms with Crippen molar-refractivity contribution in [2.45, 2.75) is 17.6 Å². The summed E-state index contributed by atoms with van der Waals surface area (Å²) in [6, 6.07) is 16.2. The fraction of sp³-hybridized carbons (Fsp3) is 0.316. The quantitative estimate of drug-likeness (QED) is 0.840. The summed E-state index contributed by atoms with van der Waals surface area (Å²) in [7, 11) is -3.53. The van der Waals surface area contributed by atoms with Crippen LogP contribution in [0.3, 0.4) is 0 Å². The number of sulfone groups is 1. The second kappa shape index (κ2) is 7.47. The Morgan fingerprint density at radius 2 is 1.58 bits per heavy atom. The molecule has 2 N–H and O–H groups in total. The molecule has 0 bridgehead atoms. The van der Waals surface area contributed by atoms with Crippen LogP contribution in [-0.4, -0.2) is 38.4 Å². The van der Waals surface area contributed by atoms with Crippen molar-refractivity contribution in [2.75, 3.05) is 24.7 Å². The Morgan fingerprint density at radius 1 is 1.00 bits per heavy atom. The van der Waals surface area contributed by atoms with E-state index in [9.17, 15) is 13.2 Å². The molecule has 138 valence electrons. The molecule has 6 nitrogen and oxygen atoms in total. The number of anilines is 1. The molecule has 0 aromatic heterocycles. The molecule has 1 fully saturated rings. The Hall–Kier alpha value is -2.38. The van der Waals surface area contributed by atoms with E-state index < -0.39 is 20.5 Å². The molecule has 26 heavy (non-hydrogen) atoms. The number of amides is 1. The second-order valence-corrected chi connectivity index (χ2v) is 8.74. The number of ether oxygens (including phenoxy) is 1. The van der Waals surface area contributed by atoms with E-state index in [2.05, 4.69) is 10.6 Å². The van der Waals surface area contributed by atoms with Crippen molar-refractivity contribution in [3.63, 3.8) is 0 Å². The van der Waals surface area contributed by atoms with Crippen LogP contribution < -0.4 is 15.4 Å². The summed E-state index contributed by atoms with van der Waals surface area (Å²) >= 11 is 0. The van der Waals surface area contributed by atoms with Gasteiger partial charge in [0, 0.05) is 11.9 Å². The van der Waals surface area contributed by atoms with Crippen molar-refractivity contribution in [2.24, 2.45) is 0 Å². The molecule has 0 aliphatic carbocycles. The van der Waals surface area contributed by atoms with Crippen LogP contribution in [0.25, 0.3) is 0 Å². The number of carbonyl (C=O) groups is 1. The zero-order valence-electron chi connectivity index (χ0n) is 14.6. The van der Waals surface area contributed by atoms with Gasteiger partial charge in [0.05, 0.1) is 0 Å². The Morgan fingerprint density at radius 3 is 2.15 bits per heavy atom. The standard InChI is InChI=1S/C19H22N2O4S/c1-26(23,24)19(11-13-20-14-12-19)18(22)21-15-7-9-17(10-8-15)25-16-5-3-2-4-6-16/h2-10,20H,11-14H2,1H3,(H,21,22). The van der Waals surface area contributed by atoms with Gasteiger partial charge in [-0.15, -0.1) is 0 Å². The van der Waals surface area contributed by atoms with Crippen molar-refractivity contribution in [1.29, 1.82) is 0 Å². The molecule has 3 rings (SSSR count). The fourth-order valence-electron chi connectivity index (χ4n) is 3.07. The number of nitrogens with one attached hydrogen (secondary N) is 2. The van der Waals surface area contributed by atoms with E-state index in [0.717, 1.165) is 12.0 Å². The van der Waals surface area contributed by atoms with Crippen LogP contribution >= 0.6 is 0 Å². The van der Waals surface area contributed by atoms with Crippen LogP contribution in [-0.2, 0) is 14.6 Å².